The van der Waals surface area contributed by atoms with Crippen LogP contribution in [0.4, 0.5) is 5.13 Å². The number of benzene rings is 1. The molecule has 1 aromatic carbocycles. The molecular formula is C22H30ClN5O2S. The highest BCUT2D eigenvalue weighted by Gasteiger charge is 2.25. The first-order valence-electron chi connectivity index (χ1n) is 10.5. The average molecular weight is 464 g/mol. The van der Waals surface area contributed by atoms with Gasteiger partial charge < -0.3 is 4.74 Å². The zero-order valence-electron chi connectivity index (χ0n) is 18.6. The molecule has 31 heavy (non-hydrogen) atoms. The molecule has 0 N–H and O–H groups in total. The minimum Gasteiger partial charge on any atom is -0.379 e. The van der Waals surface area contributed by atoms with Crippen LogP contribution in [0.2, 0.25) is 0 Å². The topological polar surface area (TPSA) is 63.5 Å². The van der Waals surface area contributed by atoms with Gasteiger partial charge in [-0.2, -0.15) is 5.10 Å². The van der Waals surface area contributed by atoms with Gasteiger partial charge in [0, 0.05) is 38.4 Å². The predicted octanol–water partition coefficient (Wildman–Crippen LogP) is 3.84. The summed E-state index contributed by atoms with van der Waals surface area (Å²) >= 11 is 1.57. The van der Waals surface area contributed by atoms with Crippen LogP contribution in [-0.2, 0) is 11.3 Å². The lowest BCUT2D eigenvalue weighted by Crippen LogP contribution is -2.43. The van der Waals surface area contributed by atoms with E-state index in [1.165, 1.54) is 11.1 Å². The van der Waals surface area contributed by atoms with Gasteiger partial charge in [-0.3, -0.25) is 19.3 Å². The molecular weight excluding hydrogens is 434 g/mol. The van der Waals surface area contributed by atoms with E-state index in [4.69, 9.17) is 9.72 Å². The normalized spacial score (nSPS) is 14.6. The number of aromatic nitrogens is 3. The molecule has 0 atom stereocenters. The maximum absolute atomic E-state index is 13.5. The standard InChI is InChI=1S/C22H29N5O2S.ClH/c1-5-27-17(4)14-19(24-27)21(28)26(7-6-25-8-10-29-11-9-25)22-23-18-12-15(2)16(3)13-20(18)30-22;/h12-14H,5-11H2,1-4H3;1H. The van der Waals surface area contributed by atoms with Gasteiger partial charge in [-0.15, -0.1) is 12.4 Å². The summed E-state index contributed by atoms with van der Waals surface area (Å²) < 4.78 is 8.42. The van der Waals surface area contributed by atoms with E-state index < -0.39 is 0 Å². The Labute approximate surface area is 193 Å². The van der Waals surface area contributed by atoms with E-state index in [0.29, 0.717) is 12.2 Å². The van der Waals surface area contributed by atoms with Crippen molar-refractivity contribution < 1.29 is 9.53 Å². The fourth-order valence-corrected chi connectivity index (χ4v) is 4.78. The van der Waals surface area contributed by atoms with Gasteiger partial charge in [-0.05, 0) is 57.0 Å². The van der Waals surface area contributed by atoms with Crippen molar-refractivity contribution in [3.63, 3.8) is 0 Å². The first-order chi connectivity index (χ1) is 14.5. The smallest absolute Gasteiger partial charge is 0.280 e. The predicted molar refractivity (Wildman–Crippen MR) is 128 cm³/mol. The van der Waals surface area contributed by atoms with Crippen molar-refractivity contribution in [3.8, 4) is 0 Å². The molecule has 0 bridgehead atoms. The number of morpholine rings is 1. The zero-order valence-corrected chi connectivity index (χ0v) is 20.2. The molecule has 168 valence electrons. The van der Waals surface area contributed by atoms with Crippen LogP contribution in [0.5, 0.6) is 0 Å². The number of ether oxygens (including phenoxy) is 1. The number of carbonyl (C=O) groups is 1. The Kier molecular flexibility index (Phi) is 7.69. The molecule has 3 heterocycles. The zero-order chi connectivity index (χ0) is 21.3. The molecule has 0 unspecified atom stereocenters. The van der Waals surface area contributed by atoms with E-state index >= 15 is 0 Å². The van der Waals surface area contributed by atoms with Crippen LogP contribution in [0, 0.1) is 20.8 Å². The van der Waals surface area contributed by atoms with Crippen molar-refractivity contribution in [1.82, 2.24) is 19.7 Å². The van der Waals surface area contributed by atoms with Gasteiger partial charge >= 0.3 is 0 Å². The van der Waals surface area contributed by atoms with E-state index in [2.05, 4.69) is 36.0 Å². The number of anilines is 1. The number of hydrogen-bond acceptors (Lipinski definition) is 6. The van der Waals surface area contributed by atoms with Crippen LogP contribution < -0.4 is 4.90 Å². The summed E-state index contributed by atoms with van der Waals surface area (Å²) in [5.41, 5.74) is 4.86. The van der Waals surface area contributed by atoms with Gasteiger partial charge in [0.15, 0.2) is 10.8 Å². The van der Waals surface area contributed by atoms with Gasteiger partial charge in [0.1, 0.15) is 0 Å². The second-order valence-electron chi connectivity index (χ2n) is 7.80. The molecule has 1 saturated heterocycles. The number of nitrogens with zero attached hydrogens (tertiary/aromatic N) is 5. The number of halogens is 1. The summed E-state index contributed by atoms with van der Waals surface area (Å²) in [5.74, 6) is -0.0916. The van der Waals surface area contributed by atoms with Crippen LogP contribution in [0.25, 0.3) is 10.2 Å². The van der Waals surface area contributed by atoms with Crippen molar-refractivity contribution in [3.05, 3.63) is 40.7 Å². The number of carbonyl (C=O) groups excluding carboxylic acids is 1. The first kappa shape index (κ1) is 23.7. The average Bonchev–Trinajstić information content (AvgIpc) is 3.32. The lowest BCUT2D eigenvalue weighted by Gasteiger charge is -2.29. The highest BCUT2D eigenvalue weighted by atomic mass is 35.5. The molecule has 0 radical (unpaired) electrons. The van der Waals surface area contributed by atoms with Gasteiger partial charge in [-0.1, -0.05) is 11.3 Å². The molecule has 4 rings (SSSR count). The van der Waals surface area contributed by atoms with Crippen molar-refractivity contribution in [2.24, 2.45) is 0 Å². The Hall–Kier alpha value is -2.00. The highest BCUT2D eigenvalue weighted by molar-refractivity contribution is 7.22. The van der Waals surface area contributed by atoms with Crippen molar-refractivity contribution in [1.29, 1.82) is 0 Å². The van der Waals surface area contributed by atoms with E-state index in [9.17, 15) is 4.79 Å². The largest absolute Gasteiger partial charge is 0.379 e. The Morgan fingerprint density at radius 2 is 1.87 bits per heavy atom. The van der Waals surface area contributed by atoms with Crippen molar-refractivity contribution in [2.75, 3.05) is 44.3 Å². The van der Waals surface area contributed by atoms with Crippen LogP contribution in [0.3, 0.4) is 0 Å². The second-order valence-corrected chi connectivity index (χ2v) is 8.81. The molecule has 0 saturated carbocycles. The fraction of sp³-hybridized carbons (Fsp3) is 0.500. The van der Waals surface area contributed by atoms with Gasteiger partial charge in [0.25, 0.3) is 5.91 Å². The van der Waals surface area contributed by atoms with Gasteiger partial charge in [0.05, 0.1) is 23.4 Å². The molecule has 9 heteroatoms. The fourth-order valence-electron chi connectivity index (χ4n) is 3.71. The van der Waals surface area contributed by atoms with Gasteiger partial charge in [0.2, 0.25) is 0 Å². The molecule has 1 aliphatic rings. The second kappa shape index (κ2) is 10.1. The number of amides is 1. The lowest BCUT2D eigenvalue weighted by atomic mass is 10.1. The van der Waals surface area contributed by atoms with Crippen LogP contribution in [0.1, 0.15) is 34.2 Å². The van der Waals surface area contributed by atoms with Gasteiger partial charge in [-0.25, -0.2) is 4.98 Å². The number of aryl methyl sites for hydroxylation is 4. The molecule has 0 aliphatic carbocycles. The summed E-state index contributed by atoms with van der Waals surface area (Å²) in [5, 5.41) is 5.25. The minimum absolute atomic E-state index is 0. The lowest BCUT2D eigenvalue weighted by molar-refractivity contribution is 0.0391. The summed E-state index contributed by atoms with van der Waals surface area (Å²) in [6, 6.07) is 6.13. The highest BCUT2D eigenvalue weighted by Crippen LogP contribution is 2.31. The molecule has 1 amide bonds. The molecule has 3 aromatic rings. The van der Waals surface area contributed by atoms with E-state index in [1.54, 1.807) is 16.2 Å². The molecule has 1 fully saturated rings. The third kappa shape index (κ3) is 5.09. The number of hydrogen-bond donors (Lipinski definition) is 0. The summed E-state index contributed by atoms with van der Waals surface area (Å²) in [6.45, 7) is 13.6. The van der Waals surface area contributed by atoms with E-state index in [1.807, 2.05) is 24.6 Å². The third-order valence-corrected chi connectivity index (χ3v) is 6.75. The maximum atomic E-state index is 13.5. The molecule has 2 aromatic heterocycles. The molecule has 7 nitrogen and oxygen atoms in total. The van der Waals surface area contributed by atoms with Crippen molar-refractivity contribution in [2.45, 2.75) is 34.2 Å². The molecule has 1 aliphatic heterocycles. The Balaban J connectivity index is 0.00000272. The van der Waals surface area contributed by atoms with E-state index in [-0.39, 0.29) is 18.3 Å². The summed E-state index contributed by atoms with van der Waals surface area (Å²) in [6.07, 6.45) is 0. The number of fused-ring (bicyclic) bond motifs is 1. The number of rotatable bonds is 6. The maximum Gasteiger partial charge on any atom is 0.280 e. The first-order valence-corrected chi connectivity index (χ1v) is 11.3. The quantitative estimate of drug-likeness (QED) is 0.555. The number of thiazole rings is 1. The van der Waals surface area contributed by atoms with Crippen LogP contribution in [0.15, 0.2) is 18.2 Å². The summed E-state index contributed by atoms with van der Waals surface area (Å²) in [4.78, 5) is 22.4. The molecule has 0 spiro atoms. The van der Waals surface area contributed by atoms with Crippen LogP contribution >= 0.6 is 23.7 Å². The van der Waals surface area contributed by atoms with E-state index in [0.717, 1.165) is 60.4 Å². The van der Waals surface area contributed by atoms with Crippen LogP contribution in [-0.4, -0.2) is 65.0 Å². The Bertz CT molecular complexity index is 1020. The SMILES string of the molecule is CCn1nc(C(=O)N(CCN2CCOCC2)c2nc3cc(C)c(C)cc3s2)cc1C.Cl. The monoisotopic (exact) mass is 463 g/mol. The minimum atomic E-state index is -0.0916. The van der Waals surface area contributed by atoms with Crippen molar-refractivity contribution >= 4 is 45.0 Å². The Morgan fingerprint density at radius 1 is 1.16 bits per heavy atom. The Morgan fingerprint density at radius 3 is 2.55 bits per heavy atom. The summed E-state index contributed by atoms with van der Waals surface area (Å²) in [7, 11) is 0. The third-order valence-electron chi connectivity index (χ3n) is 5.71.